The molecule has 0 saturated heterocycles. The van der Waals surface area contributed by atoms with Crippen LogP contribution in [-0.2, 0) is 25.5 Å². The van der Waals surface area contributed by atoms with E-state index >= 15 is 0 Å². The van der Waals surface area contributed by atoms with Gasteiger partial charge >= 0.3 is 0 Å². The van der Waals surface area contributed by atoms with Crippen LogP contribution in [0.5, 0.6) is 0 Å². The zero-order valence-corrected chi connectivity index (χ0v) is 42.0. The zero-order chi connectivity index (χ0) is 44.8. The molecule has 0 aliphatic rings. The average Bonchev–Trinajstić information content (AvgIpc) is 3.88. The Morgan fingerprint density at radius 3 is 1.94 bits per heavy atom. The van der Waals surface area contributed by atoms with Gasteiger partial charge in [0.1, 0.15) is 0 Å². The first-order valence-electron chi connectivity index (χ1n) is 22.2. The van der Waals surface area contributed by atoms with Gasteiger partial charge in [-0.3, -0.25) is 4.98 Å². The topological polar surface area (TPSA) is 56.7 Å². The van der Waals surface area contributed by atoms with Gasteiger partial charge in [0, 0.05) is 48.5 Å². The summed E-state index contributed by atoms with van der Waals surface area (Å²) in [6, 6.07) is 59.9. The molecule has 0 spiro atoms. The van der Waals surface area contributed by atoms with E-state index < -0.39 is 8.07 Å². The molecule has 65 heavy (non-hydrogen) atoms. The van der Waals surface area contributed by atoms with E-state index in [0.717, 1.165) is 89.2 Å². The number of hydrogen-bond donors (Lipinski definition) is 0. The molecule has 0 amide bonds. The molecule has 5 nitrogen and oxygen atoms in total. The Hall–Kier alpha value is -6.24. The third-order valence-corrected chi connectivity index (χ3v) is 14.0. The predicted molar refractivity (Wildman–Crippen MR) is 270 cm³/mol. The SMILES string of the molecule is C[Si](C)(C)c1ccc(-c2[c-]cccc2)nc1.Cc1c[c-]c(-c2nc3ccccc3n2-c2c(-c3ccccc3)cc(C(C)(C)C)cc2-c2ccccc2)c2oc3nc(C(C)C)ccc3c12.[Ir]. The Balaban J connectivity index is 0.000000287. The van der Waals surface area contributed by atoms with Crippen LogP contribution in [0.25, 0.3) is 83.7 Å². The molecule has 4 heterocycles. The van der Waals surface area contributed by atoms with Crippen LogP contribution in [0.15, 0.2) is 162 Å². The molecule has 0 saturated carbocycles. The number of nitrogens with zero attached hydrogens (tertiary/aromatic N) is 4. The first-order valence-corrected chi connectivity index (χ1v) is 25.7. The minimum Gasteiger partial charge on any atom is -0.486 e. The van der Waals surface area contributed by atoms with Crippen molar-refractivity contribution in [1.29, 1.82) is 0 Å². The van der Waals surface area contributed by atoms with Crippen LogP contribution < -0.4 is 5.19 Å². The van der Waals surface area contributed by atoms with Crippen LogP contribution in [0.2, 0.25) is 19.6 Å². The minimum atomic E-state index is -1.23. The Morgan fingerprint density at radius 1 is 0.708 bits per heavy atom. The molecule has 327 valence electrons. The molecular weight excluding hydrogens is 989 g/mol. The Bertz CT molecular complexity index is 3190. The van der Waals surface area contributed by atoms with E-state index in [1.165, 1.54) is 10.8 Å². The molecule has 0 aliphatic carbocycles. The normalized spacial score (nSPS) is 11.8. The van der Waals surface area contributed by atoms with Crippen LogP contribution in [0, 0.1) is 19.1 Å². The molecule has 0 bridgehead atoms. The van der Waals surface area contributed by atoms with Crippen molar-refractivity contribution < 1.29 is 24.5 Å². The van der Waals surface area contributed by atoms with Crippen molar-refractivity contribution in [3.63, 3.8) is 0 Å². The van der Waals surface area contributed by atoms with E-state index in [0.29, 0.717) is 11.6 Å². The van der Waals surface area contributed by atoms with Gasteiger partial charge in [0.05, 0.1) is 36.2 Å². The third kappa shape index (κ3) is 9.06. The first kappa shape index (κ1) is 45.3. The molecule has 4 aromatic heterocycles. The summed E-state index contributed by atoms with van der Waals surface area (Å²) in [4.78, 5) is 14.8. The van der Waals surface area contributed by atoms with Crippen LogP contribution >= 0.6 is 0 Å². The van der Waals surface area contributed by atoms with Gasteiger partial charge in [-0.05, 0) is 75.3 Å². The van der Waals surface area contributed by atoms with Gasteiger partial charge in [-0.1, -0.05) is 157 Å². The number of hydrogen-bond acceptors (Lipinski definition) is 4. The van der Waals surface area contributed by atoms with Gasteiger partial charge in [-0.25, -0.2) is 4.98 Å². The average molecular weight is 1040 g/mol. The number of imidazole rings is 1. The second-order valence-electron chi connectivity index (χ2n) is 19.0. The summed E-state index contributed by atoms with van der Waals surface area (Å²) in [5.41, 5.74) is 15.1. The molecule has 0 N–H and O–H groups in total. The van der Waals surface area contributed by atoms with Gasteiger partial charge in [-0.2, -0.15) is 0 Å². The summed E-state index contributed by atoms with van der Waals surface area (Å²) in [5, 5.41) is 3.45. The fourth-order valence-electron chi connectivity index (χ4n) is 8.32. The number of benzene rings is 6. The van der Waals surface area contributed by atoms with E-state index in [1.54, 1.807) is 0 Å². The maximum atomic E-state index is 6.69. The minimum absolute atomic E-state index is 0. The van der Waals surface area contributed by atoms with Crippen molar-refractivity contribution in [3.05, 3.63) is 187 Å². The number of para-hydroxylation sites is 2. The fraction of sp³-hybridized carbons (Fsp3) is 0.190. The number of aromatic nitrogens is 4. The van der Waals surface area contributed by atoms with E-state index in [9.17, 15) is 0 Å². The second-order valence-corrected chi connectivity index (χ2v) is 24.1. The van der Waals surface area contributed by atoms with Gasteiger partial charge in [-0.15, -0.1) is 53.6 Å². The van der Waals surface area contributed by atoms with Crippen LogP contribution in [0.3, 0.4) is 0 Å². The van der Waals surface area contributed by atoms with E-state index in [-0.39, 0.29) is 25.5 Å². The smallest absolute Gasteiger partial charge is 0.216 e. The van der Waals surface area contributed by atoms with Gasteiger partial charge in [0.25, 0.3) is 0 Å². The van der Waals surface area contributed by atoms with Crippen molar-refractivity contribution in [2.45, 2.75) is 72.5 Å². The summed E-state index contributed by atoms with van der Waals surface area (Å²) >= 11 is 0. The third-order valence-electron chi connectivity index (χ3n) is 12.0. The van der Waals surface area contributed by atoms with Crippen molar-refractivity contribution in [3.8, 4) is 50.6 Å². The van der Waals surface area contributed by atoms with Crippen molar-refractivity contribution in [1.82, 2.24) is 19.5 Å². The molecule has 1 radical (unpaired) electrons. The number of pyridine rings is 2. The summed E-state index contributed by atoms with van der Waals surface area (Å²) in [6.45, 7) is 20.3. The quantitative estimate of drug-likeness (QED) is 0.118. The summed E-state index contributed by atoms with van der Waals surface area (Å²) < 4.78 is 9.02. The maximum absolute atomic E-state index is 6.69. The number of aryl methyl sites for hydroxylation is 1. The van der Waals surface area contributed by atoms with Crippen LogP contribution in [-0.4, -0.2) is 27.6 Å². The number of fused-ring (bicyclic) bond motifs is 4. The molecule has 0 atom stereocenters. The predicted octanol–water partition coefficient (Wildman–Crippen LogP) is 14.9. The summed E-state index contributed by atoms with van der Waals surface area (Å²) in [6.07, 6.45) is 2.02. The molecule has 0 fully saturated rings. The van der Waals surface area contributed by atoms with Crippen molar-refractivity contribution in [2.24, 2.45) is 0 Å². The molecule has 0 aliphatic heterocycles. The van der Waals surface area contributed by atoms with Crippen molar-refractivity contribution in [2.75, 3.05) is 0 Å². The number of furan rings is 1. The molecule has 0 unspecified atom stereocenters. The van der Waals surface area contributed by atoms with Crippen molar-refractivity contribution >= 4 is 46.4 Å². The van der Waals surface area contributed by atoms with E-state index in [4.69, 9.17) is 14.4 Å². The standard InChI is InChI=1S/C44H38N3O.C14H16NSi.Ir/c1-27(2)36-24-23-32-39-28(3)21-22-33(41(39)48-43(32)46-36)42-45-37-19-13-14-20-38(37)47(42)40-34(29-15-9-7-10-16-29)25-31(44(4,5)6)26-35(40)30-17-11-8-12-18-30;1-16(2,3)13-9-10-14(15-11-13)12-7-5-4-6-8-12;/h7-21,23-27H,1-6H3;4-7,9-11H,1-3H3;/q2*-1;. The van der Waals surface area contributed by atoms with Crippen LogP contribution in [0.4, 0.5) is 0 Å². The Kier molecular flexibility index (Phi) is 12.8. The van der Waals surface area contributed by atoms with E-state index in [2.05, 4.69) is 210 Å². The Labute approximate surface area is 398 Å². The number of rotatable bonds is 7. The second kappa shape index (κ2) is 18.3. The van der Waals surface area contributed by atoms with Gasteiger partial charge < -0.3 is 14.0 Å². The molecular formula is C58H54IrN4OSi-2. The molecule has 6 aromatic carbocycles. The monoisotopic (exact) mass is 1040 g/mol. The fourth-order valence-corrected chi connectivity index (χ4v) is 9.35. The largest absolute Gasteiger partial charge is 0.486 e. The van der Waals surface area contributed by atoms with Gasteiger partial charge in [0.2, 0.25) is 5.71 Å². The van der Waals surface area contributed by atoms with Crippen LogP contribution in [0.1, 0.15) is 57.4 Å². The molecule has 7 heteroatoms. The molecule has 10 rings (SSSR count). The summed E-state index contributed by atoms with van der Waals surface area (Å²) in [5.74, 6) is 1.07. The maximum Gasteiger partial charge on any atom is 0.216 e. The zero-order valence-electron chi connectivity index (χ0n) is 38.6. The Morgan fingerprint density at radius 2 is 1.35 bits per heavy atom. The molecule has 10 aromatic rings. The first-order chi connectivity index (χ1) is 30.8. The van der Waals surface area contributed by atoms with Gasteiger partial charge in [0.15, 0.2) is 0 Å². The van der Waals surface area contributed by atoms with E-state index in [1.807, 2.05) is 30.5 Å². The summed E-state index contributed by atoms with van der Waals surface area (Å²) in [7, 11) is -1.23.